The maximum Gasteiger partial charge on any atom is 0.328 e. The van der Waals surface area contributed by atoms with Crippen LogP contribution in [-0.2, 0) is 28.7 Å². The van der Waals surface area contributed by atoms with Gasteiger partial charge in [0.15, 0.2) is 11.5 Å². The van der Waals surface area contributed by atoms with E-state index in [4.69, 9.17) is 14.2 Å². The molecule has 33 heavy (non-hydrogen) atoms. The third-order valence-corrected chi connectivity index (χ3v) is 4.20. The number of hydrogen-bond acceptors (Lipinski definition) is 8. The molecular formula is C23H30N2O8. The van der Waals surface area contributed by atoms with Gasteiger partial charge >= 0.3 is 17.9 Å². The Balaban J connectivity index is 2.64. The molecule has 0 bridgehead atoms. The van der Waals surface area contributed by atoms with Crippen molar-refractivity contribution >= 4 is 35.8 Å². The summed E-state index contributed by atoms with van der Waals surface area (Å²) in [5.41, 5.74) is 0.541. The summed E-state index contributed by atoms with van der Waals surface area (Å²) >= 11 is 0. The molecule has 0 spiro atoms. The Bertz CT molecular complexity index is 908. The zero-order valence-electron chi connectivity index (χ0n) is 19.4. The molecule has 1 atom stereocenters. The Morgan fingerprint density at radius 2 is 1.64 bits per heavy atom. The van der Waals surface area contributed by atoms with Crippen molar-refractivity contribution in [3.8, 4) is 11.5 Å². The van der Waals surface area contributed by atoms with Gasteiger partial charge in [-0.3, -0.25) is 19.2 Å². The summed E-state index contributed by atoms with van der Waals surface area (Å²) in [7, 11) is 1.25. The maximum atomic E-state index is 12.1. The molecular weight excluding hydrogens is 432 g/mol. The van der Waals surface area contributed by atoms with Crippen LogP contribution in [0.3, 0.4) is 0 Å². The standard InChI is InChI=1S/C23H30N2O8/c1-14(2)22(29)25-18(23(30)31-5)7-6-12-24-21(28)11-9-17-8-10-19(32-15(3)26)20(13-17)33-16(4)27/h8-11,13-14,18H,6-7,12H2,1-5H3,(H,24,28)(H,25,29)/b11-9+/t18-/m0/s1. The number of ether oxygens (including phenoxy) is 3. The Labute approximate surface area is 192 Å². The van der Waals surface area contributed by atoms with E-state index in [0.29, 0.717) is 18.4 Å². The van der Waals surface area contributed by atoms with E-state index in [1.165, 1.54) is 45.2 Å². The molecule has 0 fully saturated rings. The zero-order valence-corrected chi connectivity index (χ0v) is 19.4. The summed E-state index contributed by atoms with van der Waals surface area (Å²) in [4.78, 5) is 58.2. The summed E-state index contributed by atoms with van der Waals surface area (Å²) in [6.07, 6.45) is 3.53. The van der Waals surface area contributed by atoms with Crippen LogP contribution in [0, 0.1) is 5.92 Å². The summed E-state index contributed by atoms with van der Waals surface area (Å²) in [5.74, 6) is -2.47. The van der Waals surface area contributed by atoms with Crippen molar-refractivity contribution in [2.24, 2.45) is 5.92 Å². The van der Waals surface area contributed by atoms with Gasteiger partial charge in [0.05, 0.1) is 7.11 Å². The molecule has 180 valence electrons. The second-order valence-electron chi connectivity index (χ2n) is 7.40. The second kappa shape index (κ2) is 13.7. The van der Waals surface area contributed by atoms with Gasteiger partial charge in [-0.15, -0.1) is 0 Å². The highest BCUT2D eigenvalue weighted by molar-refractivity contribution is 5.92. The molecule has 1 rings (SSSR count). The third kappa shape index (κ3) is 10.4. The van der Waals surface area contributed by atoms with Crippen molar-refractivity contribution in [2.45, 2.75) is 46.6 Å². The second-order valence-corrected chi connectivity index (χ2v) is 7.40. The maximum absolute atomic E-state index is 12.1. The van der Waals surface area contributed by atoms with Gasteiger partial charge in [-0.25, -0.2) is 4.79 Å². The normalized spacial score (nSPS) is 11.6. The lowest BCUT2D eigenvalue weighted by Crippen LogP contribution is -2.43. The third-order valence-electron chi connectivity index (χ3n) is 4.20. The quantitative estimate of drug-likeness (QED) is 0.220. The largest absolute Gasteiger partial charge is 0.467 e. The molecule has 0 aliphatic heterocycles. The van der Waals surface area contributed by atoms with Gasteiger partial charge in [0.1, 0.15) is 6.04 Å². The van der Waals surface area contributed by atoms with E-state index in [0.717, 1.165) is 0 Å². The van der Waals surface area contributed by atoms with Crippen LogP contribution < -0.4 is 20.1 Å². The molecule has 0 aliphatic rings. The molecule has 2 N–H and O–H groups in total. The van der Waals surface area contributed by atoms with Crippen LogP contribution in [0.2, 0.25) is 0 Å². The predicted molar refractivity (Wildman–Crippen MR) is 119 cm³/mol. The van der Waals surface area contributed by atoms with E-state index < -0.39 is 23.9 Å². The van der Waals surface area contributed by atoms with Gasteiger partial charge in [0.2, 0.25) is 11.8 Å². The topological polar surface area (TPSA) is 137 Å². The number of benzene rings is 1. The number of methoxy groups -OCH3 is 1. The number of carbonyl (C=O) groups is 5. The Kier molecular flexibility index (Phi) is 11.3. The first-order valence-electron chi connectivity index (χ1n) is 10.4. The monoisotopic (exact) mass is 462 g/mol. The van der Waals surface area contributed by atoms with Crippen LogP contribution in [-0.4, -0.2) is 49.4 Å². The van der Waals surface area contributed by atoms with E-state index in [-0.39, 0.29) is 35.8 Å². The molecule has 1 aromatic rings. The molecule has 0 unspecified atom stereocenters. The molecule has 0 radical (unpaired) electrons. The highest BCUT2D eigenvalue weighted by Gasteiger charge is 2.22. The molecule has 10 heteroatoms. The van der Waals surface area contributed by atoms with E-state index in [1.807, 2.05) is 0 Å². The first-order chi connectivity index (χ1) is 15.5. The zero-order chi connectivity index (χ0) is 25.0. The van der Waals surface area contributed by atoms with Crippen LogP contribution in [0.5, 0.6) is 11.5 Å². The van der Waals surface area contributed by atoms with Gasteiger partial charge in [-0.05, 0) is 36.6 Å². The van der Waals surface area contributed by atoms with E-state index in [1.54, 1.807) is 19.9 Å². The molecule has 0 saturated heterocycles. The van der Waals surface area contributed by atoms with Gasteiger partial charge in [0, 0.05) is 32.4 Å². The summed E-state index contributed by atoms with van der Waals surface area (Å²) in [6, 6.07) is 3.72. The van der Waals surface area contributed by atoms with E-state index >= 15 is 0 Å². The molecule has 0 aliphatic carbocycles. The van der Waals surface area contributed by atoms with Crippen molar-refractivity contribution < 1.29 is 38.2 Å². The van der Waals surface area contributed by atoms with Gasteiger partial charge < -0.3 is 24.8 Å². The molecule has 0 heterocycles. The summed E-state index contributed by atoms with van der Waals surface area (Å²) in [6.45, 7) is 6.15. The highest BCUT2D eigenvalue weighted by Crippen LogP contribution is 2.29. The van der Waals surface area contributed by atoms with Crippen molar-refractivity contribution in [1.29, 1.82) is 0 Å². The van der Waals surface area contributed by atoms with Crippen LogP contribution in [0.1, 0.15) is 46.1 Å². The minimum atomic E-state index is -0.784. The average Bonchev–Trinajstić information content (AvgIpc) is 2.74. The SMILES string of the molecule is COC(=O)[C@H](CCCNC(=O)/C=C/c1ccc(OC(C)=O)c(OC(C)=O)c1)NC(=O)C(C)C. The van der Waals surface area contributed by atoms with Crippen LogP contribution in [0.4, 0.5) is 0 Å². The lowest BCUT2D eigenvalue weighted by Gasteiger charge is -2.17. The lowest BCUT2D eigenvalue weighted by atomic mass is 10.1. The van der Waals surface area contributed by atoms with E-state index in [2.05, 4.69) is 10.6 Å². The Morgan fingerprint density at radius 3 is 2.21 bits per heavy atom. The minimum Gasteiger partial charge on any atom is -0.467 e. The van der Waals surface area contributed by atoms with Crippen LogP contribution in [0.15, 0.2) is 24.3 Å². The van der Waals surface area contributed by atoms with Crippen LogP contribution >= 0.6 is 0 Å². The van der Waals surface area contributed by atoms with Crippen molar-refractivity contribution in [3.63, 3.8) is 0 Å². The van der Waals surface area contributed by atoms with E-state index in [9.17, 15) is 24.0 Å². The number of nitrogens with one attached hydrogen (secondary N) is 2. The fraction of sp³-hybridized carbons (Fsp3) is 0.435. The van der Waals surface area contributed by atoms with Crippen molar-refractivity contribution in [2.75, 3.05) is 13.7 Å². The summed E-state index contributed by atoms with van der Waals surface area (Å²) in [5, 5.41) is 5.31. The molecule has 0 saturated carbocycles. The fourth-order valence-electron chi connectivity index (χ4n) is 2.58. The Hall–Kier alpha value is -3.69. The number of amides is 2. The first-order valence-corrected chi connectivity index (χ1v) is 10.4. The number of carbonyl (C=O) groups excluding carboxylic acids is 5. The Morgan fingerprint density at radius 1 is 1.00 bits per heavy atom. The molecule has 10 nitrogen and oxygen atoms in total. The van der Waals surface area contributed by atoms with Gasteiger partial charge in [-0.1, -0.05) is 19.9 Å². The number of hydrogen-bond donors (Lipinski definition) is 2. The molecule has 2 amide bonds. The molecule has 0 aromatic heterocycles. The number of esters is 3. The lowest BCUT2D eigenvalue weighted by molar-refractivity contribution is -0.145. The van der Waals surface area contributed by atoms with Crippen molar-refractivity contribution in [3.05, 3.63) is 29.8 Å². The predicted octanol–water partition coefficient (Wildman–Crippen LogP) is 1.76. The minimum absolute atomic E-state index is 0.0533. The van der Waals surface area contributed by atoms with Gasteiger partial charge in [0.25, 0.3) is 0 Å². The van der Waals surface area contributed by atoms with Crippen molar-refractivity contribution in [1.82, 2.24) is 10.6 Å². The van der Waals surface area contributed by atoms with Crippen LogP contribution in [0.25, 0.3) is 6.08 Å². The first kappa shape index (κ1) is 27.3. The highest BCUT2D eigenvalue weighted by atomic mass is 16.6. The number of rotatable bonds is 11. The summed E-state index contributed by atoms with van der Waals surface area (Å²) < 4.78 is 14.8. The van der Waals surface area contributed by atoms with Gasteiger partial charge in [-0.2, -0.15) is 0 Å². The smallest absolute Gasteiger partial charge is 0.328 e. The fourth-order valence-corrected chi connectivity index (χ4v) is 2.58. The molecule has 1 aromatic carbocycles. The average molecular weight is 462 g/mol.